The van der Waals surface area contributed by atoms with E-state index in [1.54, 1.807) is 66.7 Å². The van der Waals surface area contributed by atoms with Gasteiger partial charge in [-0.05, 0) is 78.1 Å². The number of ether oxygens (including phenoxy) is 1. The van der Waals surface area contributed by atoms with Crippen LogP contribution in [-0.2, 0) is 9.59 Å². The SMILES string of the molecule is CCC(Sc1cccc(NC(=O)/C(=C\c2ccc(C(C)C)cc2)NC(=O)c2ccccc2)c1)C(=O)Nc1cc(Cl)ccc1OC. The Morgan fingerprint density at radius 3 is 2.29 bits per heavy atom. The average Bonchev–Trinajstić information content (AvgIpc) is 3.04. The first-order chi connectivity index (χ1) is 21.7. The van der Waals surface area contributed by atoms with Crippen LogP contribution in [0.3, 0.4) is 0 Å². The van der Waals surface area contributed by atoms with Crippen molar-refractivity contribution in [2.75, 3.05) is 17.7 Å². The highest BCUT2D eigenvalue weighted by Crippen LogP contribution is 2.32. The van der Waals surface area contributed by atoms with Gasteiger partial charge in [0.2, 0.25) is 5.91 Å². The lowest BCUT2D eigenvalue weighted by molar-refractivity contribution is -0.116. The van der Waals surface area contributed by atoms with Crippen LogP contribution in [0.4, 0.5) is 11.4 Å². The molecule has 0 aliphatic rings. The molecule has 45 heavy (non-hydrogen) atoms. The van der Waals surface area contributed by atoms with Crippen LogP contribution in [0.25, 0.3) is 6.08 Å². The number of rotatable bonds is 12. The van der Waals surface area contributed by atoms with E-state index in [9.17, 15) is 14.4 Å². The van der Waals surface area contributed by atoms with Gasteiger partial charge in [0.15, 0.2) is 0 Å². The summed E-state index contributed by atoms with van der Waals surface area (Å²) in [6.45, 7) is 6.15. The van der Waals surface area contributed by atoms with Gasteiger partial charge >= 0.3 is 0 Å². The molecule has 0 saturated heterocycles. The smallest absolute Gasteiger partial charge is 0.272 e. The fourth-order valence-electron chi connectivity index (χ4n) is 4.41. The predicted octanol–water partition coefficient (Wildman–Crippen LogP) is 8.39. The molecule has 0 aliphatic heterocycles. The van der Waals surface area contributed by atoms with E-state index in [1.807, 2.05) is 43.3 Å². The van der Waals surface area contributed by atoms with E-state index in [2.05, 4.69) is 29.8 Å². The summed E-state index contributed by atoms with van der Waals surface area (Å²) in [7, 11) is 1.53. The van der Waals surface area contributed by atoms with Crippen molar-refractivity contribution in [1.82, 2.24) is 5.32 Å². The van der Waals surface area contributed by atoms with Crippen molar-refractivity contribution in [3.05, 3.63) is 124 Å². The number of anilines is 2. The van der Waals surface area contributed by atoms with Crippen molar-refractivity contribution in [3.8, 4) is 5.75 Å². The lowest BCUT2D eigenvalue weighted by Gasteiger charge is -2.17. The van der Waals surface area contributed by atoms with Gasteiger partial charge in [-0.25, -0.2) is 0 Å². The number of hydrogen-bond donors (Lipinski definition) is 3. The molecule has 0 aliphatic carbocycles. The number of benzene rings is 4. The predicted molar refractivity (Wildman–Crippen MR) is 184 cm³/mol. The summed E-state index contributed by atoms with van der Waals surface area (Å²) >= 11 is 7.51. The van der Waals surface area contributed by atoms with E-state index < -0.39 is 17.1 Å². The second-order valence-electron chi connectivity index (χ2n) is 10.5. The Labute approximate surface area is 273 Å². The standard InChI is InChI=1S/C36H36ClN3O4S/c1-5-33(36(43)39-30-21-27(37)18-19-32(30)44-4)45-29-13-9-12-28(22-29)38-35(42)31(40-34(41)26-10-7-6-8-11-26)20-24-14-16-25(17-15-24)23(2)3/h6-23,33H,5H2,1-4H3,(H,38,42)(H,39,43)(H,40,41)/b31-20+. The van der Waals surface area contributed by atoms with Crippen molar-refractivity contribution in [2.24, 2.45) is 0 Å². The van der Waals surface area contributed by atoms with Gasteiger partial charge in [0, 0.05) is 21.2 Å². The third-order valence-electron chi connectivity index (χ3n) is 6.90. The van der Waals surface area contributed by atoms with E-state index in [0.717, 1.165) is 10.5 Å². The van der Waals surface area contributed by atoms with E-state index in [1.165, 1.54) is 24.4 Å². The molecule has 0 aromatic heterocycles. The molecule has 4 aromatic rings. The summed E-state index contributed by atoms with van der Waals surface area (Å²) in [5.74, 6) is -0.196. The van der Waals surface area contributed by atoms with Gasteiger partial charge in [0.1, 0.15) is 11.4 Å². The number of thioether (sulfide) groups is 1. The van der Waals surface area contributed by atoms with Crippen LogP contribution in [0.1, 0.15) is 54.6 Å². The zero-order valence-electron chi connectivity index (χ0n) is 25.6. The molecule has 0 heterocycles. The average molecular weight is 642 g/mol. The minimum absolute atomic E-state index is 0.0977. The molecule has 1 atom stereocenters. The highest BCUT2D eigenvalue weighted by Gasteiger charge is 2.21. The maximum Gasteiger partial charge on any atom is 0.272 e. The molecule has 4 rings (SSSR count). The van der Waals surface area contributed by atoms with Crippen molar-refractivity contribution >= 4 is 58.5 Å². The summed E-state index contributed by atoms with van der Waals surface area (Å²) in [5, 5.41) is 8.66. The van der Waals surface area contributed by atoms with Crippen LogP contribution in [0.15, 0.2) is 108 Å². The van der Waals surface area contributed by atoms with Gasteiger partial charge in [-0.3, -0.25) is 14.4 Å². The first-order valence-electron chi connectivity index (χ1n) is 14.6. The zero-order valence-corrected chi connectivity index (χ0v) is 27.2. The van der Waals surface area contributed by atoms with Gasteiger partial charge in [-0.15, -0.1) is 11.8 Å². The highest BCUT2D eigenvalue weighted by molar-refractivity contribution is 8.00. The summed E-state index contributed by atoms with van der Waals surface area (Å²) < 4.78 is 5.35. The molecule has 0 bridgehead atoms. The van der Waals surface area contributed by atoms with Crippen molar-refractivity contribution in [2.45, 2.75) is 43.3 Å². The van der Waals surface area contributed by atoms with Crippen LogP contribution in [-0.4, -0.2) is 30.1 Å². The number of carbonyl (C=O) groups is 3. The fraction of sp³-hybridized carbons (Fsp3) is 0.194. The minimum Gasteiger partial charge on any atom is -0.495 e. The van der Waals surface area contributed by atoms with Gasteiger partial charge in [-0.1, -0.05) is 80.9 Å². The molecule has 1 unspecified atom stereocenters. The van der Waals surface area contributed by atoms with Crippen molar-refractivity contribution in [1.29, 1.82) is 0 Å². The Hall–Kier alpha value is -4.53. The van der Waals surface area contributed by atoms with Gasteiger partial charge in [0.05, 0.1) is 18.0 Å². The Morgan fingerprint density at radius 1 is 0.889 bits per heavy atom. The number of hydrogen-bond acceptors (Lipinski definition) is 5. The van der Waals surface area contributed by atoms with Crippen molar-refractivity contribution in [3.63, 3.8) is 0 Å². The zero-order chi connectivity index (χ0) is 32.3. The molecular formula is C36H36ClN3O4S. The maximum absolute atomic E-state index is 13.6. The molecule has 0 fully saturated rings. The van der Waals surface area contributed by atoms with E-state index in [-0.39, 0.29) is 11.6 Å². The van der Waals surface area contributed by atoms with Gasteiger partial charge in [0.25, 0.3) is 11.8 Å². The molecule has 7 nitrogen and oxygen atoms in total. The first kappa shape index (κ1) is 33.4. The van der Waals surface area contributed by atoms with Crippen LogP contribution >= 0.6 is 23.4 Å². The monoisotopic (exact) mass is 641 g/mol. The van der Waals surface area contributed by atoms with E-state index in [4.69, 9.17) is 16.3 Å². The summed E-state index contributed by atoms with van der Waals surface area (Å²) in [4.78, 5) is 40.6. The number of carbonyl (C=O) groups excluding carboxylic acids is 3. The molecule has 0 radical (unpaired) electrons. The van der Waals surface area contributed by atoms with E-state index >= 15 is 0 Å². The highest BCUT2D eigenvalue weighted by atomic mass is 35.5. The summed E-state index contributed by atoms with van der Waals surface area (Å²) in [6, 6.07) is 28.9. The second kappa shape index (κ2) is 16.0. The Morgan fingerprint density at radius 2 is 1.62 bits per heavy atom. The quantitative estimate of drug-likeness (QED) is 0.107. The number of amides is 3. The third-order valence-corrected chi connectivity index (χ3v) is 8.49. The van der Waals surface area contributed by atoms with Crippen LogP contribution < -0.4 is 20.7 Å². The second-order valence-corrected chi connectivity index (χ2v) is 12.2. The fourth-order valence-corrected chi connectivity index (χ4v) is 5.59. The first-order valence-corrected chi connectivity index (χ1v) is 15.8. The molecule has 0 spiro atoms. The van der Waals surface area contributed by atoms with Crippen LogP contribution in [0.5, 0.6) is 5.75 Å². The summed E-state index contributed by atoms with van der Waals surface area (Å²) in [5.41, 5.74) is 3.49. The maximum atomic E-state index is 13.6. The molecule has 9 heteroatoms. The van der Waals surface area contributed by atoms with Crippen LogP contribution in [0.2, 0.25) is 5.02 Å². The minimum atomic E-state index is -0.479. The Bertz CT molecular complexity index is 1670. The number of methoxy groups -OCH3 is 1. The Kier molecular flexibility index (Phi) is 11.8. The molecule has 4 aromatic carbocycles. The van der Waals surface area contributed by atoms with E-state index in [0.29, 0.717) is 40.0 Å². The number of nitrogens with one attached hydrogen (secondary N) is 3. The van der Waals surface area contributed by atoms with Crippen molar-refractivity contribution < 1.29 is 19.1 Å². The third kappa shape index (κ3) is 9.48. The topological polar surface area (TPSA) is 96.5 Å². The van der Waals surface area contributed by atoms with Gasteiger partial charge < -0.3 is 20.7 Å². The lowest BCUT2D eigenvalue weighted by Crippen LogP contribution is -2.30. The molecule has 232 valence electrons. The molecule has 0 saturated carbocycles. The lowest BCUT2D eigenvalue weighted by atomic mass is 10.0. The summed E-state index contributed by atoms with van der Waals surface area (Å²) in [6.07, 6.45) is 2.21. The molecule has 3 amide bonds. The Balaban J connectivity index is 1.52. The largest absolute Gasteiger partial charge is 0.495 e. The van der Waals surface area contributed by atoms with Crippen LogP contribution in [0, 0.1) is 0 Å². The molecular weight excluding hydrogens is 606 g/mol. The van der Waals surface area contributed by atoms with Gasteiger partial charge in [-0.2, -0.15) is 0 Å². The molecule has 3 N–H and O–H groups in total. The normalized spacial score (nSPS) is 11.9. The number of halogens is 1.